The predicted octanol–water partition coefficient (Wildman–Crippen LogP) is 2.21. The third-order valence-corrected chi connectivity index (χ3v) is 3.39. The molecule has 0 aliphatic heterocycles. The van der Waals surface area contributed by atoms with E-state index in [0.717, 1.165) is 6.42 Å². The summed E-state index contributed by atoms with van der Waals surface area (Å²) < 4.78 is 1.72. The maximum absolute atomic E-state index is 12.2. The highest BCUT2D eigenvalue weighted by Gasteiger charge is 2.46. The predicted molar refractivity (Wildman–Crippen MR) is 69.3 cm³/mol. The number of hydrogen-bond acceptors (Lipinski definition) is 3. The normalized spacial score (nSPS) is 22.3. The molecule has 4 heteroatoms. The molecule has 0 saturated heterocycles. The van der Waals surface area contributed by atoms with Gasteiger partial charge in [0, 0.05) is 24.0 Å². The molecular formula is C13H21N3O. The summed E-state index contributed by atoms with van der Waals surface area (Å²) in [4.78, 5) is 16.4. The second kappa shape index (κ2) is 3.59. The zero-order chi connectivity index (χ0) is 12.8. The molecule has 0 bridgehead atoms. The van der Waals surface area contributed by atoms with Gasteiger partial charge in [-0.2, -0.15) is 0 Å². The van der Waals surface area contributed by atoms with Crippen LogP contribution >= 0.6 is 0 Å². The zero-order valence-electron chi connectivity index (χ0n) is 11.2. The fourth-order valence-corrected chi connectivity index (χ4v) is 1.92. The van der Waals surface area contributed by atoms with E-state index in [0.29, 0.717) is 11.9 Å². The first-order valence-corrected chi connectivity index (χ1v) is 6.06. The van der Waals surface area contributed by atoms with Crippen LogP contribution in [-0.2, 0) is 5.54 Å². The van der Waals surface area contributed by atoms with E-state index in [2.05, 4.69) is 24.1 Å². The summed E-state index contributed by atoms with van der Waals surface area (Å²) >= 11 is 0. The van der Waals surface area contributed by atoms with Gasteiger partial charge in [-0.15, -0.1) is 0 Å². The summed E-state index contributed by atoms with van der Waals surface area (Å²) in [6.07, 6.45) is 4.52. The summed E-state index contributed by atoms with van der Waals surface area (Å²) in [6, 6.07) is 0.374. The van der Waals surface area contributed by atoms with E-state index >= 15 is 0 Å². The van der Waals surface area contributed by atoms with Crippen LogP contribution in [0.4, 0.5) is 5.82 Å². The van der Waals surface area contributed by atoms with Crippen molar-refractivity contribution in [3.63, 3.8) is 0 Å². The molecular weight excluding hydrogens is 214 g/mol. The molecule has 1 heterocycles. The molecule has 1 unspecified atom stereocenters. The number of aromatic nitrogens is 2. The summed E-state index contributed by atoms with van der Waals surface area (Å²) in [5.74, 6) is 0.470. The van der Waals surface area contributed by atoms with E-state index in [9.17, 15) is 4.79 Å². The largest absolute Gasteiger partial charge is 0.362 e. The molecule has 1 aliphatic rings. The van der Waals surface area contributed by atoms with Crippen molar-refractivity contribution in [2.24, 2.45) is 5.41 Å². The lowest BCUT2D eigenvalue weighted by atomic mass is 10.1. The van der Waals surface area contributed by atoms with E-state index in [1.54, 1.807) is 17.0 Å². The summed E-state index contributed by atoms with van der Waals surface area (Å²) in [7, 11) is 0. The van der Waals surface area contributed by atoms with Crippen LogP contribution in [0.1, 0.15) is 41.0 Å². The van der Waals surface area contributed by atoms with Gasteiger partial charge in [-0.25, -0.2) is 4.98 Å². The van der Waals surface area contributed by atoms with E-state index < -0.39 is 0 Å². The summed E-state index contributed by atoms with van der Waals surface area (Å²) in [5, 5.41) is 3.24. The fraction of sp³-hybridized carbons (Fsp3) is 0.692. The van der Waals surface area contributed by atoms with Crippen LogP contribution in [0, 0.1) is 5.41 Å². The average molecular weight is 235 g/mol. The Labute approximate surface area is 102 Å². The highest BCUT2D eigenvalue weighted by Crippen LogP contribution is 2.46. The lowest BCUT2D eigenvalue weighted by Crippen LogP contribution is -2.35. The van der Waals surface area contributed by atoms with E-state index in [1.807, 2.05) is 20.8 Å². The highest BCUT2D eigenvalue weighted by atomic mass is 16.1. The van der Waals surface area contributed by atoms with Crippen LogP contribution in [0.5, 0.6) is 0 Å². The van der Waals surface area contributed by atoms with Crippen molar-refractivity contribution in [1.29, 1.82) is 0 Å². The Morgan fingerprint density at radius 3 is 2.53 bits per heavy atom. The maximum atomic E-state index is 12.2. The van der Waals surface area contributed by atoms with Gasteiger partial charge in [0.25, 0.3) is 5.56 Å². The number of nitrogens with one attached hydrogen (secondary N) is 1. The van der Waals surface area contributed by atoms with Gasteiger partial charge in [0.1, 0.15) is 0 Å². The first-order valence-electron chi connectivity index (χ1n) is 6.06. The topological polar surface area (TPSA) is 46.9 Å². The lowest BCUT2D eigenvalue weighted by molar-refractivity contribution is 0.383. The first-order chi connectivity index (χ1) is 7.72. The van der Waals surface area contributed by atoms with E-state index in [-0.39, 0.29) is 16.5 Å². The molecule has 17 heavy (non-hydrogen) atoms. The van der Waals surface area contributed by atoms with E-state index in [1.165, 1.54) is 0 Å². The van der Waals surface area contributed by atoms with Crippen LogP contribution in [0.3, 0.4) is 0 Å². The molecule has 0 radical (unpaired) electrons. The maximum Gasteiger partial charge on any atom is 0.293 e. The van der Waals surface area contributed by atoms with Gasteiger partial charge in [0.05, 0.1) is 0 Å². The molecule has 1 N–H and O–H groups in total. The average Bonchev–Trinajstić information content (AvgIpc) is 2.75. The van der Waals surface area contributed by atoms with Crippen LogP contribution in [0.15, 0.2) is 17.2 Å². The minimum atomic E-state index is -0.213. The van der Waals surface area contributed by atoms with Gasteiger partial charge in [0.15, 0.2) is 5.82 Å². The van der Waals surface area contributed by atoms with Crippen LogP contribution in [0.2, 0.25) is 0 Å². The second-order valence-corrected chi connectivity index (χ2v) is 6.51. The Morgan fingerprint density at radius 1 is 1.47 bits per heavy atom. The van der Waals surface area contributed by atoms with Crippen LogP contribution < -0.4 is 10.9 Å². The molecule has 1 aliphatic carbocycles. The summed E-state index contributed by atoms with van der Waals surface area (Å²) in [6.45, 7) is 10.4. The molecule has 1 atom stereocenters. The minimum Gasteiger partial charge on any atom is -0.362 e. The highest BCUT2D eigenvalue weighted by molar-refractivity contribution is 5.36. The number of rotatable bonds is 2. The Balaban J connectivity index is 2.28. The second-order valence-electron chi connectivity index (χ2n) is 6.51. The molecule has 2 rings (SSSR count). The molecule has 4 nitrogen and oxygen atoms in total. The SMILES string of the molecule is CC1(C)CC1Nc1nccn(C(C)(C)C)c1=O. The monoisotopic (exact) mass is 235 g/mol. The Morgan fingerprint density at radius 2 is 2.06 bits per heavy atom. The number of anilines is 1. The Kier molecular flexibility index (Phi) is 2.56. The van der Waals surface area contributed by atoms with Crippen molar-refractivity contribution in [1.82, 2.24) is 9.55 Å². The molecule has 0 amide bonds. The van der Waals surface area contributed by atoms with Gasteiger partial charge in [-0.1, -0.05) is 13.8 Å². The van der Waals surface area contributed by atoms with Crippen molar-refractivity contribution in [2.75, 3.05) is 5.32 Å². The molecule has 0 spiro atoms. The Hall–Kier alpha value is -1.32. The minimum absolute atomic E-state index is 0.0392. The third-order valence-electron chi connectivity index (χ3n) is 3.39. The quantitative estimate of drug-likeness (QED) is 0.855. The lowest BCUT2D eigenvalue weighted by Gasteiger charge is -2.22. The molecule has 94 valence electrons. The summed E-state index contributed by atoms with van der Waals surface area (Å²) in [5.41, 5.74) is 0.0363. The van der Waals surface area contributed by atoms with Crippen molar-refractivity contribution in [3.8, 4) is 0 Å². The van der Waals surface area contributed by atoms with Crippen molar-refractivity contribution < 1.29 is 0 Å². The third kappa shape index (κ3) is 2.35. The van der Waals surface area contributed by atoms with Crippen LogP contribution in [-0.4, -0.2) is 15.6 Å². The number of nitrogens with zero attached hydrogens (tertiary/aromatic N) is 2. The van der Waals surface area contributed by atoms with Crippen molar-refractivity contribution >= 4 is 5.82 Å². The molecule has 1 aromatic rings. The standard InChI is InChI=1S/C13H21N3O/c1-12(2,3)16-7-6-14-10(11(16)17)15-9-8-13(9,4)5/h6-7,9H,8H2,1-5H3,(H,14,15). The van der Waals surface area contributed by atoms with Crippen molar-refractivity contribution in [3.05, 3.63) is 22.7 Å². The molecule has 0 aromatic carbocycles. The van der Waals surface area contributed by atoms with Gasteiger partial charge >= 0.3 is 0 Å². The molecule has 1 fully saturated rings. The fourth-order valence-electron chi connectivity index (χ4n) is 1.92. The number of hydrogen-bond donors (Lipinski definition) is 1. The van der Waals surface area contributed by atoms with Crippen molar-refractivity contribution in [2.45, 2.75) is 52.6 Å². The van der Waals surface area contributed by atoms with Gasteiger partial charge < -0.3 is 9.88 Å². The van der Waals surface area contributed by atoms with Crippen LogP contribution in [0.25, 0.3) is 0 Å². The smallest absolute Gasteiger partial charge is 0.293 e. The van der Waals surface area contributed by atoms with Gasteiger partial charge in [0.2, 0.25) is 0 Å². The van der Waals surface area contributed by atoms with Gasteiger partial charge in [-0.3, -0.25) is 4.79 Å². The molecule has 1 aromatic heterocycles. The van der Waals surface area contributed by atoms with Gasteiger partial charge in [-0.05, 0) is 32.6 Å². The Bertz CT molecular complexity index is 482. The first kappa shape index (κ1) is 12.1. The molecule has 1 saturated carbocycles. The zero-order valence-corrected chi connectivity index (χ0v) is 11.2. The van der Waals surface area contributed by atoms with E-state index in [4.69, 9.17) is 0 Å².